The smallest absolute Gasteiger partial charge is 0.261 e. The van der Waals surface area contributed by atoms with Crippen LogP contribution in [-0.2, 0) is 0 Å². The van der Waals surface area contributed by atoms with E-state index < -0.39 is 17.6 Å². The molecule has 0 saturated carbocycles. The Kier molecular flexibility index (Phi) is 4.73. The summed E-state index contributed by atoms with van der Waals surface area (Å²) in [6.45, 7) is 1.59. The van der Waals surface area contributed by atoms with Gasteiger partial charge in [0.15, 0.2) is 0 Å². The van der Waals surface area contributed by atoms with Crippen LogP contribution in [0.5, 0.6) is 0 Å². The highest BCUT2D eigenvalue weighted by molar-refractivity contribution is 6.33. The van der Waals surface area contributed by atoms with Crippen molar-refractivity contribution in [2.45, 2.75) is 6.92 Å². The first-order valence-electron chi connectivity index (χ1n) is 7.50. The number of anilines is 1. The van der Waals surface area contributed by atoms with E-state index in [1.54, 1.807) is 31.2 Å². The van der Waals surface area contributed by atoms with Crippen LogP contribution < -0.4 is 11.1 Å². The van der Waals surface area contributed by atoms with Gasteiger partial charge < -0.3 is 15.6 Å². The minimum Gasteiger partial charge on any atom is -0.366 e. The summed E-state index contributed by atoms with van der Waals surface area (Å²) >= 11 is 6.17. The molecule has 0 aliphatic carbocycles. The summed E-state index contributed by atoms with van der Waals surface area (Å²) in [5.41, 5.74) is 6.00. The van der Waals surface area contributed by atoms with Gasteiger partial charge in [-0.15, -0.1) is 0 Å². The van der Waals surface area contributed by atoms with Crippen LogP contribution in [0.3, 0.4) is 0 Å². The highest BCUT2D eigenvalue weighted by Crippen LogP contribution is 2.31. The Labute approximate surface area is 152 Å². The van der Waals surface area contributed by atoms with Crippen LogP contribution in [0.15, 0.2) is 47.0 Å². The van der Waals surface area contributed by atoms with Gasteiger partial charge in [0.2, 0.25) is 0 Å². The standard InChI is InChI=1S/C18H13ClFN3O3/c1-9-15(16(23-26-9)11-4-2-3-5-13(11)19)18(25)22-10-6-7-14(20)12(8-10)17(21)24/h2-8H,1H3,(H2,21,24)(H,22,25). The maximum atomic E-state index is 13.6. The number of nitrogens with two attached hydrogens (primary N) is 1. The number of primary amides is 1. The number of nitrogens with one attached hydrogen (secondary N) is 1. The summed E-state index contributed by atoms with van der Waals surface area (Å²) < 4.78 is 18.7. The fourth-order valence-corrected chi connectivity index (χ4v) is 2.69. The average Bonchev–Trinajstić information content (AvgIpc) is 2.98. The molecule has 0 unspecified atom stereocenters. The van der Waals surface area contributed by atoms with Crippen molar-refractivity contribution in [2.24, 2.45) is 5.73 Å². The zero-order valence-electron chi connectivity index (χ0n) is 13.5. The molecule has 132 valence electrons. The minimum absolute atomic E-state index is 0.183. The van der Waals surface area contributed by atoms with Gasteiger partial charge in [-0.25, -0.2) is 4.39 Å². The summed E-state index contributed by atoms with van der Waals surface area (Å²) in [6, 6.07) is 10.4. The van der Waals surface area contributed by atoms with Crippen molar-refractivity contribution in [3.8, 4) is 11.3 Å². The Morgan fingerprint density at radius 1 is 1.23 bits per heavy atom. The molecule has 0 aliphatic heterocycles. The van der Waals surface area contributed by atoms with Crippen molar-refractivity contribution < 1.29 is 18.5 Å². The number of amides is 2. The number of carbonyl (C=O) groups is 2. The van der Waals surface area contributed by atoms with Crippen molar-refractivity contribution in [1.29, 1.82) is 0 Å². The average molecular weight is 374 g/mol. The number of benzene rings is 2. The molecule has 0 fully saturated rings. The lowest BCUT2D eigenvalue weighted by molar-refractivity contribution is 0.0992. The number of aromatic nitrogens is 1. The first-order valence-corrected chi connectivity index (χ1v) is 7.88. The molecular formula is C18H13ClFN3O3. The largest absolute Gasteiger partial charge is 0.366 e. The first kappa shape index (κ1) is 17.6. The van der Waals surface area contributed by atoms with Gasteiger partial charge in [0.25, 0.3) is 11.8 Å². The van der Waals surface area contributed by atoms with E-state index in [1.807, 2.05) is 0 Å². The Morgan fingerprint density at radius 3 is 2.65 bits per heavy atom. The van der Waals surface area contributed by atoms with Crippen molar-refractivity contribution in [3.63, 3.8) is 0 Å². The van der Waals surface area contributed by atoms with E-state index in [-0.39, 0.29) is 28.3 Å². The maximum Gasteiger partial charge on any atom is 0.261 e. The molecular weight excluding hydrogens is 361 g/mol. The molecule has 3 aromatic rings. The molecule has 26 heavy (non-hydrogen) atoms. The van der Waals surface area contributed by atoms with Gasteiger partial charge in [0.05, 0.1) is 10.6 Å². The summed E-state index contributed by atoms with van der Waals surface area (Å²) in [5, 5.41) is 6.91. The van der Waals surface area contributed by atoms with E-state index in [4.69, 9.17) is 21.9 Å². The Morgan fingerprint density at radius 2 is 1.96 bits per heavy atom. The first-order chi connectivity index (χ1) is 12.4. The number of hydrogen-bond donors (Lipinski definition) is 2. The van der Waals surface area contributed by atoms with E-state index in [1.165, 1.54) is 6.07 Å². The van der Waals surface area contributed by atoms with Gasteiger partial charge in [-0.1, -0.05) is 35.0 Å². The molecule has 0 bridgehead atoms. The van der Waals surface area contributed by atoms with Crippen LogP contribution in [0, 0.1) is 12.7 Å². The number of nitrogens with zero attached hydrogens (tertiary/aromatic N) is 1. The molecule has 0 atom stereocenters. The third-order valence-electron chi connectivity index (χ3n) is 3.71. The van der Waals surface area contributed by atoms with Crippen molar-refractivity contribution in [1.82, 2.24) is 5.16 Å². The molecule has 8 heteroatoms. The summed E-state index contributed by atoms with van der Waals surface area (Å²) in [4.78, 5) is 24.0. The van der Waals surface area contributed by atoms with E-state index in [2.05, 4.69) is 10.5 Å². The third kappa shape index (κ3) is 3.29. The molecule has 1 heterocycles. The number of halogens is 2. The normalized spacial score (nSPS) is 10.6. The molecule has 2 aromatic carbocycles. The fraction of sp³-hybridized carbons (Fsp3) is 0.0556. The minimum atomic E-state index is -0.934. The van der Waals surface area contributed by atoms with Gasteiger partial charge in [-0.3, -0.25) is 9.59 Å². The summed E-state index contributed by atoms with van der Waals surface area (Å²) in [7, 11) is 0. The van der Waals surface area contributed by atoms with Crippen LogP contribution >= 0.6 is 11.6 Å². The highest BCUT2D eigenvalue weighted by Gasteiger charge is 2.23. The molecule has 3 rings (SSSR count). The zero-order chi connectivity index (χ0) is 18.8. The lowest BCUT2D eigenvalue weighted by atomic mass is 10.1. The van der Waals surface area contributed by atoms with Gasteiger partial charge in [-0.05, 0) is 31.2 Å². The predicted molar refractivity (Wildman–Crippen MR) is 94.6 cm³/mol. The van der Waals surface area contributed by atoms with Gasteiger partial charge in [0.1, 0.15) is 22.8 Å². The lowest BCUT2D eigenvalue weighted by Crippen LogP contribution is -2.16. The molecule has 0 saturated heterocycles. The van der Waals surface area contributed by atoms with E-state index in [9.17, 15) is 14.0 Å². The Balaban J connectivity index is 1.97. The molecule has 0 aliphatic rings. The molecule has 0 spiro atoms. The van der Waals surface area contributed by atoms with Gasteiger partial charge in [0, 0.05) is 11.3 Å². The van der Waals surface area contributed by atoms with Crippen LogP contribution in [-0.4, -0.2) is 17.0 Å². The number of aryl methyl sites for hydroxylation is 1. The SMILES string of the molecule is Cc1onc(-c2ccccc2Cl)c1C(=O)Nc1ccc(F)c(C(N)=O)c1. The van der Waals surface area contributed by atoms with E-state index in [0.29, 0.717) is 10.6 Å². The number of hydrogen-bond acceptors (Lipinski definition) is 4. The molecule has 1 aromatic heterocycles. The number of carbonyl (C=O) groups excluding carboxylic acids is 2. The second-order valence-electron chi connectivity index (χ2n) is 5.46. The second-order valence-corrected chi connectivity index (χ2v) is 5.86. The van der Waals surface area contributed by atoms with Crippen molar-refractivity contribution in [3.05, 3.63) is 70.2 Å². The predicted octanol–water partition coefficient (Wildman–Crippen LogP) is 3.79. The highest BCUT2D eigenvalue weighted by atomic mass is 35.5. The molecule has 6 nitrogen and oxygen atoms in total. The monoisotopic (exact) mass is 373 g/mol. The van der Waals surface area contributed by atoms with Crippen LogP contribution in [0.2, 0.25) is 5.02 Å². The summed E-state index contributed by atoms with van der Waals surface area (Å²) in [5.74, 6) is -1.96. The van der Waals surface area contributed by atoms with E-state index >= 15 is 0 Å². The van der Waals surface area contributed by atoms with Gasteiger partial charge >= 0.3 is 0 Å². The maximum absolute atomic E-state index is 13.6. The van der Waals surface area contributed by atoms with Gasteiger partial charge in [-0.2, -0.15) is 0 Å². The van der Waals surface area contributed by atoms with Crippen LogP contribution in [0.25, 0.3) is 11.3 Å². The summed E-state index contributed by atoms with van der Waals surface area (Å²) in [6.07, 6.45) is 0. The van der Waals surface area contributed by atoms with Crippen LogP contribution in [0.1, 0.15) is 26.5 Å². The Hall–Kier alpha value is -3.19. The molecule has 3 N–H and O–H groups in total. The topological polar surface area (TPSA) is 98.2 Å². The molecule has 2 amide bonds. The second kappa shape index (κ2) is 6.97. The third-order valence-corrected chi connectivity index (χ3v) is 4.04. The molecule has 0 radical (unpaired) electrons. The zero-order valence-corrected chi connectivity index (χ0v) is 14.3. The van der Waals surface area contributed by atoms with Crippen molar-refractivity contribution in [2.75, 3.05) is 5.32 Å². The number of rotatable bonds is 4. The van der Waals surface area contributed by atoms with Crippen LogP contribution in [0.4, 0.5) is 10.1 Å². The Bertz CT molecular complexity index is 1020. The quantitative estimate of drug-likeness (QED) is 0.726. The lowest BCUT2D eigenvalue weighted by Gasteiger charge is -2.08. The fourth-order valence-electron chi connectivity index (χ4n) is 2.46. The van der Waals surface area contributed by atoms with E-state index in [0.717, 1.165) is 12.1 Å². The van der Waals surface area contributed by atoms with Crippen molar-refractivity contribution >= 4 is 29.1 Å².